The fourth-order valence-electron chi connectivity index (χ4n) is 4.46. The summed E-state index contributed by atoms with van der Waals surface area (Å²) in [5.74, 6) is 1.34. The van der Waals surface area contributed by atoms with Gasteiger partial charge in [-0.05, 0) is 68.3 Å². The molecule has 0 radical (unpaired) electrons. The van der Waals surface area contributed by atoms with Crippen LogP contribution in [0.2, 0.25) is 5.02 Å². The van der Waals surface area contributed by atoms with E-state index < -0.39 is 12.0 Å². The van der Waals surface area contributed by atoms with Gasteiger partial charge in [-0.3, -0.25) is 9.36 Å². The Hall–Kier alpha value is -3.88. The van der Waals surface area contributed by atoms with Gasteiger partial charge < -0.3 is 13.9 Å². The molecular weight excluding hydrogens is 524 g/mol. The van der Waals surface area contributed by atoms with Crippen LogP contribution in [0.5, 0.6) is 5.75 Å². The average molecular weight is 549 g/mol. The molecule has 1 aliphatic rings. The maximum atomic E-state index is 13.8. The second kappa shape index (κ2) is 10.5. The highest BCUT2D eigenvalue weighted by Gasteiger charge is 2.33. The highest BCUT2D eigenvalue weighted by molar-refractivity contribution is 7.07. The normalized spacial score (nSPS) is 15.3. The van der Waals surface area contributed by atoms with E-state index in [4.69, 9.17) is 25.5 Å². The van der Waals surface area contributed by atoms with E-state index in [-0.39, 0.29) is 12.2 Å². The Kier molecular flexibility index (Phi) is 7.10. The van der Waals surface area contributed by atoms with Crippen molar-refractivity contribution < 1.29 is 18.7 Å². The molecule has 1 atom stereocenters. The van der Waals surface area contributed by atoms with E-state index in [0.717, 1.165) is 16.7 Å². The predicted molar refractivity (Wildman–Crippen MR) is 147 cm³/mol. The first kappa shape index (κ1) is 25.8. The van der Waals surface area contributed by atoms with Gasteiger partial charge in [0.05, 0.1) is 35.6 Å². The standard InChI is InChI=1S/C29H25ClN2O5S/c1-5-36-28(34)25-17(3)31-29-32(26(25)18-7-10-20(35-4)11-8-18)27(33)24(38-29)15-21-12-13-23(37-21)22-14-19(30)9-6-16(22)2/h6-15,26H,5H2,1-4H3/b24-15-/t26-/m1/s1. The third kappa shape index (κ3) is 4.73. The first-order valence-corrected chi connectivity index (χ1v) is 13.2. The van der Waals surface area contributed by atoms with Crippen LogP contribution in [0.15, 0.2) is 80.1 Å². The summed E-state index contributed by atoms with van der Waals surface area (Å²) in [6.45, 7) is 5.69. The Bertz CT molecular complexity index is 1740. The Labute approximate surface area is 227 Å². The summed E-state index contributed by atoms with van der Waals surface area (Å²) in [6.07, 6.45) is 1.70. The molecule has 7 nitrogen and oxygen atoms in total. The Morgan fingerprint density at radius 2 is 1.92 bits per heavy atom. The van der Waals surface area contributed by atoms with E-state index in [9.17, 15) is 9.59 Å². The van der Waals surface area contributed by atoms with Crippen LogP contribution < -0.4 is 19.6 Å². The summed E-state index contributed by atoms with van der Waals surface area (Å²) in [4.78, 5) is 31.9. The van der Waals surface area contributed by atoms with Crippen molar-refractivity contribution in [3.05, 3.63) is 107 Å². The smallest absolute Gasteiger partial charge is 0.338 e. The van der Waals surface area contributed by atoms with Gasteiger partial charge in [-0.2, -0.15) is 0 Å². The highest BCUT2D eigenvalue weighted by atomic mass is 35.5. The Balaban J connectivity index is 1.64. The largest absolute Gasteiger partial charge is 0.497 e. The lowest BCUT2D eigenvalue weighted by Gasteiger charge is -2.24. The van der Waals surface area contributed by atoms with Crippen molar-refractivity contribution >= 4 is 35.0 Å². The number of benzene rings is 2. The molecule has 0 N–H and O–H groups in total. The number of furan rings is 1. The van der Waals surface area contributed by atoms with Crippen molar-refractivity contribution in [1.82, 2.24) is 4.57 Å². The zero-order valence-electron chi connectivity index (χ0n) is 21.3. The molecule has 194 valence electrons. The summed E-state index contributed by atoms with van der Waals surface area (Å²) in [5.41, 5.74) is 3.21. The molecule has 0 aliphatic carbocycles. The molecule has 5 rings (SSSR count). The number of methoxy groups -OCH3 is 1. The number of allylic oxidation sites excluding steroid dienone is 1. The number of esters is 1. The number of ether oxygens (including phenoxy) is 2. The van der Waals surface area contributed by atoms with Gasteiger partial charge >= 0.3 is 5.97 Å². The number of carbonyl (C=O) groups is 1. The van der Waals surface area contributed by atoms with E-state index >= 15 is 0 Å². The van der Waals surface area contributed by atoms with Crippen LogP contribution in [0, 0.1) is 6.92 Å². The van der Waals surface area contributed by atoms with Crippen molar-refractivity contribution in [3.8, 4) is 17.1 Å². The molecule has 0 saturated heterocycles. The van der Waals surface area contributed by atoms with Crippen LogP contribution in [0.1, 0.15) is 36.8 Å². The van der Waals surface area contributed by atoms with Gasteiger partial charge in [0.2, 0.25) is 0 Å². The van der Waals surface area contributed by atoms with Gasteiger partial charge in [-0.25, -0.2) is 9.79 Å². The van der Waals surface area contributed by atoms with Crippen molar-refractivity contribution in [2.75, 3.05) is 13.7 Å². The quantitative estimate of drug-likeness (QED) is 0.316. The molecule has 38 heavy (non-hydrogen) atoms. The molecule has 0 spiro atoms. The predicted octanol–water partition coefficient (Wildman–Crippen LogP) is 5.03. The highest BCUT2D eigenvalue weighted by Crippen LogP contribution is 2.32. The second-order valence-corrected chi connectivity index (χ2v) is 10.2. The molecule has 9 heteroatoms. The first-order valence-electron chi connectivity index (χ1n) is 12.0. The average Bonchev–Trinajstić information content (AvgIpc) is 3.49. The number of rotatable bonds is 6. The van der Waals surface area contributed by atoms with Crippen LogP contribution in [-0.2, 0) is 9.53 Å². The van der Waals surface area contributed by atoms with Gasteiger partial charge in [0, 0.05) is 16.7 Å². The molecule has 0 bridgehead atoms. The molecule has 2 aromatic carbocycles. The molecule has 0 fully saturated rings. The first-order chi connectivity index (χ1) is 18.3. The molecule has 2 aromatic heterocycles. The molecule has 3 heterocycles. The SMILES string of the molecule is CCOC(=O)C1=C(C)N=c2s/c(=C\c3ccc(-c4cc(Cl)ccc4C)o3)c(=O)n2[C@@H]1c1ccc(OC)cc1. The molecule has 0 saturated carbocycles. The van der Waals surface area contributed by atoms with E-state index in [1.165, 1.54) is 11.3 Å². The number of aryl methyl sites for hydroxylation is 1. The van der Waals surface area contributed by atoms with E-state index in [1.807, 2.05) is 49.4 Å². The summed E-state index contributed by atoms with van der Waals surface area (Å²) >= 11 is 7.42. The number of hydrogen-bond acceptors (Lipinski definition) is 7. The van der Waals surface area contributed by atoms with E-state index in [1.54, 1.807) is 43.7 Å². The van der Waals surface area contributed by atoms with Crippen LogP contribution >= 0.6 is 22.9 Å². The fraction of sp³-hybridized carbons (Fsp3) is 0.207. The van der Waals surface area contributed by atoms with Gasteiger partial charge in [0.15, 0.2) is 4.80 Å². The summed E-state index contributed by atoms with van der Waals surface area (Å²) < 4.78 is 18.7. The lowest BCUT2D eigenvalue weighted by Crippen LogP contribution is -2.39. The molecule has 0 unspecified atom stereocenters. The minimum absolute atomic E-state index is 0.211. The lowest BCUT2D eigenvalue weighted by molar-refractivity contribution is -0.139. The third-order valence-electron chi connectivity index (χ3n) is 6.31. The zero-order chi connectivity index (χ0) is 27.0. The summed E-state index contributed by atoms with van der Waals surface area (Å²) in [7, 11) is 1.58. The minimum atomic E-state index is -0.695. The van der Waals surface area contributed by atoms with Crippen LogP contribution in [0.3, 0.4) is 0 Å². The van der Waals surface area contributed by atoms with Crippen LogP contribution in [0.25, 0.3) is 17.4 Å². The summed E-state index contributed by atoms with van der Waals surface area (Å²) in [6, 6.07) is 15.8. The number of aromatic nitrogens is 1. The Morgan fingerprint density at radius 1 is 1.16 bits per heavy atom. The monoisotopic (exact) mass is 548 g/mol. The van der Waals surface area contributed by atoms with Crippen molar-refractivity contribution in [3.63, 3.8) is 0 Å². The van der Waals surface area contributed by atoms with Crippen molar-refractivity contribution in [1.29, 1.82) is 0 Å². The maximum Gasteiger partial charge on any atom is 0.338 e. The van der Waals surface area contributed by atoms with Gasteiger partial charge in [-0.1, -0.05) is 41.1 Å². The topological polar surface area (TPSA) is 83.0 Å². The lowest BCUT2D eigenvalue weighted by atomic mass is 9.96. The molecular formula is C29H25ClN2O5S. The number of thiazole rings is 1. The number of carbonyl (C=O) groups excluding carboxylic acids is 1. The number of halogens is 1. The number of hydrogen-bond donors (Lipinski definition) is 0. The number of fused-ring (bicyclic) bond motifs is 1. The van der Waals surface area contributed by atoms with Gasteiger partial charge in [0.1, 0.15) is 17.3 Å². The Morgan fingerprint density at radius 3 is 2.63 bits per heavy atom. The van der Waals surface area contributed by atoms with Crippen LogP contribution in [-0.4, -0.2) is 24.3 Å². The van der Waals surface area contributed by atoms with Crippen molar-refractivity contribution in [2.24, 2.45) is 4.99 Å². The summed E-state index contributed by atoms with van der Waals surface area (Å²) in [5, 5.41) is 0.614. The van der Waals surface area contributed by atoms with Crippen LogP contribution in [0.4, 0.5) is 0 Å². The van der Waals surface area contributed by atoms with Gasteiger partial charge in [-0.15, -0.1) is 0 Å². The van der Waals surface area contributed by atoms with Crippen molar-refractivity contribution in [2.45, 2.75) is 26.8 Å². The minimum Gasteiger partial charge on any atom is -0.497 e. The third-order valence-corrected chi connectivity index (χ3v) is 7.53. The molecule has 0 amide bonds. The second-order valence-electron chi connectivity index (χ2n) is 8.74. The molecule has 1 aliphatic heterocycles. The fourth-order valence-corrected chi connectivity index (χ4v) is 5.66. The maximum absolute atomic E-state index is 13.8. The van der Waals surface area contributed by atoms with E-state index in [0.29, 0.717) is 42.9 Å². The van der Waals surface area contributed by atoms with Gasteiger partial charge in [0.25, 0.3) is 5.56 Å². The van der Waals surface area contributed by atoms with E-state index in [2.05, 4.69) is 4.99 Å². The zero-order valence-corrected chi connectivity index (χ0v) is 22.9. The molecule has 4 aromatic rings. The number of nitrogens with zero attached hydrogens (tertiary/aromatic N) is 2.